The highest BCUT2D eigenvalue weighted by molar-refractivity contribution is 5.94. The summed E-state index contributed by atoms with van der Waals surface area (Å²) in [6.07, 6.45) is 0. The molecular weight excluding hydrogens is 397 g/mol. The summed E-state index contributed by atoms with van der Waals surface area (Å²) in [5, 5.41) is 13.0. The van der Waals surface area contributed by atoms with Gasteiger partial charge >= 0.3 is 5.97 Å². The minimum atomic E-state index is -1.24. The Morgan fingerprint density at radius 2 is 1.81 bits per heavy atom. The van der Waals surface area contributed by atoms with E-state index in [0.29, 0.717) is 22.3 Å². The fourth-order valence-corrected chi connectivity index (χ4v) is 3.63. The number of aryl methyl sites for hydroxylation is 1. The molecule has 5 nitrogen and oxygen atoms in total. The lowest BCUT2D eigenvalue weighted by atomic mass is 10.00. The molecule has 0 fully saturated rings. The predicted octanol–water partition coefficient (Wildman–Crippen LogP) is 5.78. The predicted molar refractivity (Wildman–Crippen MR) is 118 cm³/mol. The number of aromatic carboxylic acids is 1. The summed E-state index contributed by atoms with van der Waals surface area (Å²) in [6.45, 7) is 3.71. The number of carboxylic acid groups (broad SMARTS) is 1. The highest BCUT2D eigenvalue weighted by Crippen LogP contribution is 2.31. The molecule has 0 bridgehead atoms. The Bertz CT molecular complexity index is 1350. The molecule has 31 heavy (non-hydrogen) atoms. The minimum Gasteiger partial charge on any atom is -0.478 e. The van der Waals surface area contributed by atoms with Crippen molar-refractivity contribution in [3.8, 4) is 11.3 Å². The van der Waals surface area contributed by atoms with Crippen molar-refractivity contribution in [2.24, 2.45) is 0 Å². The Morgan fingerprint density at radius 3 is 2.52 bits per heavy atom. The van der Waals surface area contributed by atoms with E-state index < -0.39 is 17.8 Å². The third-order valence-electron chi connectivity index (χ3n) is 5.11. The van der Waals surface area contributed by atoms with E-state index in [-0.39, 0.29) is 16.7 Å². The maximum atomic E-state index is 13.5. The van der Waals surface area contributed by atoms with Gasteiger partial charge in [0.2, 0.25) is 0 Å². The normalized spacial score (nSPS) is 12.0. The zero-order valence-corrected chi connectivity index (χ0v) is 17.0. The molecule has 0 spiro atoms. The van der Waals surface area contributed by atoms with Gasteiger partial charge in [0.25, 0.3) is 0 Å². The second-order valence-electron chi connectivity index (χ2n) is 7.43. The van der Waals surface area contributed by atoms with E-state index in [4.69, 9.17) is 4.42 Å². The molecule has 0 aliphatic rings. The topological polar surface area (TPSA) is 79.5 Å². The van der Waals surface area contributed by atoms with Crippen LogP contribution in [-0.4, -0.2) is 11.1 Å². The van der Waals surface area contributed by atoms with Crippen molar-refractivity contribution in [1.82, 2.24) is 0 Å². The van der Waals surface area contributed by atoms with Gasteiger partial charge < -0.3 is 14.8 Å². The van der Waals surface area contributed by atoms with Crippen molar-refractivity contribution in [2.45, 2.75) is 19.9 Å². The molecule has 156 valence electrons. The van der Waals surface area contributed by atoms with Crippen LogP contribution in [0.2, 0.25) is 0 Å². The van der Waals surface area contributed by atoms with Crippen LogP contribution in [0.5, 0.6) is 0 Å². The lowest BCUT2D eigenvalue weighted by Gasteiger charge is -2.19. The summed E-state index contributed by atoms with van der Waals surface area (Å²) in [5.74, 6) is -1.42. The third-order valence-corrected chi connectivity index (χ3v) is 5.11. The van der Waals surface area contributed by atoms with E-state index in [2.05, 4.69) is 5.32 Å². The smallest absolute Gasteiger partial charge is 0.337 e. The highest BCUT2D eigenvalue weighted by Gasteiger charge is 2.19. The van der Waals surface area contributed by atoms with Gasteiger partial charge in [0.15, 0.2) is 5.43 Å². The lowest BCUT2D eigenvalue weighted by Crippen LogP contribution is -2.13. The quantitative estimate of drug-likeness (QED) is 0.430. The zero-order valence-electron chi connectivity index (χ0n) is 17.0. The summed E-state index contributed by atoms with van der Waals surface area (Å²) in [4.78, 5) is 24.4. The van der Waals surface area contributed by atoms with Gasteiger partial charge in [-0.05, 0) is 43.7 Å². The molecule has 4 rings (SSSR count). The van der Waals surface area contributed by atoms with Gasteiger partial charge in [-0.25, -0.2) is 9.18 Å². The number of halogens is 1. The average Bonchev–Trinajstić information content (AvgIpc) is 2.75. The molecule has 2 N–H and O–H groups in total. The summed E-state index contributed by atoms with van der Waals surface area (Å²) >= 11 is 0. The van der Waals surface area contributed by atoms with Crippen molar-refractivity contribution in [3.05, 3.63) is 99.5 Å². The van der Waals surface area contributed by atoms with Crippen LogP contribution in [0.4, 0.5) is 10.1 Å². The Morgan fingerprint density at radius 1 is 1.06 bits per heavy atom. The van der Waals surface area contributed by atoms with Gasteiger partial charge in [-0.2, -0.15) is 0 Å². The number of nitrogens with one attached hydrogen (secondary N) is 1. The molecular formula is C25H20FNO4. The molecule has 0 unspecified atom stereocenters. The van der Waals surface area contributed by atoms with Crippen molar-refractivity contribution < 1.29 is 18.7 Å². The first kappa shape index (κ1) is 20.3. The van der Waals surface area contributed by atoms with Crippen LogP contribution in [-0.2, 0) is 0 Å². The van der Waals surface area contributed by atoms with Crippen molar-refractivity contribution in [1.29, 1.82) is 0 Å². The number of anilines is 1. The second-order valence-corrected chi connectivity index (χ2v) is 7.43. The average molecular weight is 417 g/mol. The maximum Gasteiger partial charge on any atom is 0.337 e. The summed E-state index contributed by atoms with van der Waals surface area (Å²) in [7, 11) is 0. The number of carbonyl (C=O) groups is 1. The molecule has 1 atom stereocenters. The van der Waals surface area contributed by atoms with E-state index in [1.54, 1.807) is 6.07 Å². The van der Waals surface area contributed by atoms with Gasteiger partial charge in [0.1, 0.15) is 17.2 Å². The first-order valence-electron chi connectivity index (χ1n) is 9.76. The number of hydrogen-bond acceptors (Lipinski definition) is 4. The molecule has 1 aromatic heterocycles. The molecule has 0 saturated carbocycles. The lowest BCUT2D eigenvalue weighted by molar-refractivity contribution is 0.0697. The maximum absolute atomic E-state index is 13.5. The van der Waals surface area contributed by atoms with Gasteiger partial charge in [0, 0.05) is 22.9 Å². The first-order chi connectivity index (χ1) is 14.8. The molecule has 4 aromatic rings. The molecule has 0 radical (unpaired) electrons. The second kappa shape index (κ2) is 8.07. The van der Waals surface area contributed by atoms with Crippen LogP contribution < -0.4 is 10.7 Å². The van der Waals surface area contributed by atoms with E-state index in [0.717, 1.165) is 17.2 Å². The van der Waals surface area contributed by atoms with Crippen molar-refractivity contribution in [3.63, 3.8) is 0 Å². The molecule has 3 aromatic carbocycles. The molecule has 1 heterocycles. The van der Waals surface area contributed by atoms with Gasteiger partial charge in [-0.3, -0.25) is 4.79 Å². The molecule has 0 aliphatic carbocycles. The largest absolute Gasteiger partial charge is 0.478 e. The monoisotopic (exact) mass is 417 g/mol. The first-order valence-corrected chi connectivity index (χ1v) is 9.76. The van der Waals surface area contributed by atoms with Crippen LogP contribution in [0.15, 0.2) is 75.9 Å². The Hall–Kier alpha value is -3.93. The van der Waals surface area contributed by atoms with Crippen LogP contribution in [0.1, 0.15) is 34.5 Å². The van der Waals surface area contributed by atoms with Gasteiger partial charge in [0.05, 0.1) is 17.0 Å². The van der Waals surface area contributed by atoms with Gasteiger partial charge in [-0.15, -0.1) is 0 Å². The van der Waals surface area contributed by atoms with E-state index in [1.165, 1.54) is 18.2 Å². The Balaban J connectivity index is 1.84. The number of carboxylic acids is 1. The zero-order chi connectivity index (χ0) is 22.1. The number of hydrogen-bond donors (Lipinski definition) is 2. The molecule has 0 amide bonds. The fourth-order valence-electron chi connectivity index (χ4n) is 3.63. The number of rotatable bonds is 5. The Labute approximate surface area is 177 Å². The molecule has 0 saturated heterocycles. The van der Waals surface area contributed by atoms with Crippen LogP contribution in [0, 0.1) is 12.7 Å². The van der Waals surface area contributed by atoms with Crippen LogP contribution in [0.3, 0.4) is 0 Å². The van der Waals surface area contributed by atoms with E-state index in [9.17, 15) is 19.1 Å². The van der Waals surface area contributed by atoms with Crippen molar-refractivity contribution >= 4 is 22.6 Å². The fraction of sp³-hybridized carbons (Fsp3) is 0.120. The van der Waals surface area contributed by atoms with E-state index in [1.807, 2.05) is 50.2 Å². The Kier molecular flexibility index (Phi) is 5.29. The molecule has 0 aliphatic heterocycles. The summed E-state index contributed by atoms with van der Waals surface area (Å²) in [6, 6.07) is 17.6. The van der Waals surface area contributed by atoms with Crippen LogP contribution in [0.25, 0.3) is 22.3 Å². The highest BCUT2D eigenvalue weighted by atomic mass is 19.1. The van der Waals surface area contributed by atoms with Crippen LogP contribution >= 0.6 is 0 Å². The number of benzene rings is 3. The standard InChI is InChI=1S/C25H20FNO4/c1-14-10-18(15(2)27-21-9-8-17(26)12-19(21)25(29)30)24-20(11-14)22(28)13-23(31-24)16-6-4-3-5-7-16/h3-13,15,27H,1-2H3,(H,29,30)/t15-/m1/s1. The SMILES string of the molecule is Cc1cc([C@@H](C)Nc2ccc(F)cc2C(=O)O)c2oc(-c3ccccc3)cc(=O)c2c1. The molecule has 6 heteroatoms. The number of fused-ring (bicyclic) bond motifs is 1. The van der Waals surface area contributed by atoms with Gasteiger partial charge in [-0.1, -0.05) is 36.4 Å². The van der Waals surface area contributed by atoms with Crippen molar-refractivity contribution in [2.75, 3.05) is 5.32 Å². The summed E-state index contributed by atoms with van der Waals surface area (Å²) < 4.78 is 19.7. The third kappa shape index (κ3) is 4.05. The van der Waals surface area contributed by atoms with E-state index >= 15 is 0 Å². The minimum absolute atomic E-state index is 0.162. The summed E-state index contributed by atoms with van der Waals surface area (Å²) in [5.41, 5.74) is 2.72.